The van der Waals surface area contributed by atoms with Gasteiger partial charge in [-0.2, -0.15) is 0 Å². The molecule has 0 aliphatic carbocycles. The Balaban J connectivity index is 1.92. The molecule has 1 N–H and O–H groups in total. The molecule has 0 radical (unpaired) electrons. The Morgan fingerprint density at radius 3 is 2.37 bits per heavy atom. The van der Waals surface area contributed by atoms with Crippen LogP contribution < -0.4 is 4.90 Å². The van der Waals surface area contributed by atoms with Crippen molar-refractivity contribution in [3.8, 4) is 0 Å². The zero-order valence-corrected chi connectivity index (χ0v) is 11.9. The average Bonchev–Trinajstić information content (AvgIpc) is 2.74. The summed E-state index contributed by atoms with van der Waals surface area (Å²) in [6.45, 7) is 9.91. The largest absolute Gasteiger partial charge is 0.344 e. The van der Waals surface area contributed by atoms with Crippen molar-refractivity contribution in [2.45, 2.75) is 40.7 Å². The fraction of sp³-hybridized carbons (Fsp3) is 0.500. The molecule has 0 amide bonds. The molecule has 3 heterocycles. The van der Waals surface area contributed by atoms with Crippen molar-refractivity contribution >= 4 is 5.95 Å². The number of aryl methyl sites for hydroxylation is 3. The second kappa shape index (κ2) is 4.33. The molecule has 3 rings (SSSR count). The molecular weight excluding hydrogens is 238 g/mol. The number of hydrogen-bond donors (Lipinski definition) is 1. The van der Waals surface area contributed by atoms with Crippen LogP contribution in [0, 0.1) is 27.7 Å². The van der Waals surface area contributed by atoms with Crippen LogP contribution in [0.2, 0.25) is 0 Å². The first kappa shape index (κ1) is 12.1. The van der Waals surface area contributed by atoms with Crippen molar-refractivity contribution in [1.29, 1.82) is 0 Å². The first-order chi connectivity index (χ1) is 9.04. The Bertz CT molecular complexity index is 606. The zero-order valence-electron chi connectivity index (χ0n) is 11.9. The smallest absolute Gasteiger partial charge is 0.226 e. The van der Waals surface area contributed by atoms with Crippen LogP contribution in [0.3, 0.4) is 0 Å². The average molecular weight is 257 g/mol. The summed E-state index contributed by atoms with van der Waals surface area (Å²) in [7, 11) is 0. The van der Waals surface area contributed by atoms with Gasteiger partial charge in [0.05, 0.1) is 17.9 Å². The number of imidazole rings is 1. The van der Waals surface area contributed by atoms with Gasteiger partial charge >= 0.3 is 0 Å². The highest BCUT2D eigenvalue weighted by atomic mass is 15.3. The molecule has 2 aromatic rings. The highest BCUT2D eigenvalue weighted by Crippen LogP contribution is 2.22. The van der Waals surface area contributed by atoms with Gasteiger partial charge in [-0.05, 0) is 33.3 Å². The van der Waals surface area contributed by atoms with Gasteiger partial charge in [-0.3, -0.25) is 0 Å². The van der Waals surface area contributed by atoms with Crippen LogP contribution in [0.4, 0.5) is 5.95 Å². The van der Waals surface area contributed by atoms with Gasteiger partial charge in [-0.15, -0.1) is 0 Å². The van der Waals surface area contributed by atoms with Crippen LogP contribution in [-0.2, 0) is 13.0 Å². The number of nitrogens with zero attached hydrogens (tertiary/aromatic N) is 4. The number of aromatic amines is 1. The Labute approximate surface area is 113 Å². The van der Waals surface area contributed by atoms with Crippen LogP contribution in [0.5, 0.6) is 0 Å². The summed E-state index contributed by atoms with van der Waals surface area (Å²) in [5.74, 6) is 1.82. The van der Waals surface area contributed by atoms with E-state index in [1.54, 1.807) is 0 Å². The number of aromatic nitrogens is 4. The summed E-state index contributed by atoms with van der Waals surface area (Å²) in [6.07, 6.45) is 0.953. The minimum atomic E-state index is 0.818. The SMILES string of the molecule is Cc1nc2c([nH]1)CN(c1nc(C)c(C)c(C)n1)CC2. The lowest BCUT2D eigenvalue weighted by molar-refractivity contribution is 0.685. The lowest BCUT2D eigenvalue weighted by Crippen LogP contribution is -2.32. The van der Waals surface area contributed by atoms with Gasteiger partial charge in [0, 0.05) is 24.4 Å². The third-order valence-corrected chi connectivity index (χ3v) is 3.85. The Hall–Kier alpha value is -1.91. The van der Waals surface area contributed by atoms with Gasteiger partial charge < -0.3 is 9.88 Å². The number of H-pyrrole nitrogens is 1. The summed E-state index contributed by atoms with van der Waals surface area (Å²) < 4.78 is 0. The molecule has 0 bridgehead atoms. The zero-order chi connectivity index (χ0) is 13.6. The minimum absolute atomic E-state index is 0.818. The van der Waals surface area contributed by atoms with E-state index in [1.165, 1.54) is 17.0 Å². The molecule has 0 saturated heterocycles. The van der Waals surface area contributed by atoms with Gasteiger partial charge in [0.1, 0.15) is 5.82 Å². The van der Waals surface area contributed by atoms with E-state index in [0.717, 1.165) is 42.7 Å². The molecule has 0 fully saturated rings. The third kappa shape index (κ3) is 2.09. The molecule has 1 aliphatic heterocycles. The number of fused-ring (bicyclic) bond motifs is 1. The summed E-state index contributed by atoms with van der Waals surface area (Å²) in [6, 6.07) is 0. The maximum atomic E-state index is 4.62. The van der Waals surface area contributed by atoms with Crippen LogP contribution in [-0.4, -0.2) is 26.5 Å². The van der Waals surface area contributed by atoms with Gasteiger partial charge in [0.2, 0.25) is 5.95 Å². The highest BCUT2D eigenvalue weighted by molar-refractivity contribution is 5.39. The Morgan fingerprint density at radius 1 is 1.00 bits per heavy atom. The van der Waals surface area contributed by atoms with Crippen molar-refractivity contribution in [3.63, 3.8) is 0 Å². The van der Waals surface area contributed by atoms with E-state index in [9.17, 15) is 0 Å². The lowest BCUT2D eigenvalue weighted by atomic mass is 10.1. The number of rotatable bonds is 1. The molecule has 0 saturated carbocycles. The first-order valence-electron chi connectivity index (χ1n) is 6.65. The van der Waals surface area contributed by atoms with E-state index in [0.29, 0.717) is 0 Å². The van der Waals surface area contributed by atoms with Crippen molar-refractivity contribution in [2.24, 2.45) is 0 Å². The van der Waals surface area contributed by atoms with Crippen LogP contribution >= 0.6 is 0 Å². The topological polar surface area (TPSA) is 57.7 Å². The molecule has 0 atom stereocenters. The predicted molar refractivity (Wildman–Crippen MR) is 74.3 cm³/mol. The molecule has 5 heteroatoms. The van der Waals surface area contributed by atoms with Crippen molar-refractivity contribution in [3.05, 3.63) is 34.2 Å². The third-order valence-electron chi connectivity index (χ3n) is 3.85. The second-order valence-corrected chi connectivity index (χ2v) is 5.24. The maximum absolute atomic E-state index is 4.62. The molecule has 100 valence electrons. The van der Waals surface area contributed by atoms with Crippen molar-refractivity contribution < 1.29 is 0 Å². The summed E-state index contributed by atoms with van der Waals surface area (Å²) in [5.41, 5.74) is 5.69. The van der Waals surface area contributed by atoms with E-state index in [4.69, 9.17) is 0 Å². The van der Waals surface area contributed by atoms with Gasteiger partial charge in [0.25, 0.3) is 0 Å². The molecule has 2 aromatic heterocycles. The summed E-state index contributed by atoms with van der Waals surface area (Å²) >= 11 is 0. The van der Waals surface area contributed by atoms with Crippen molar-refractivity contribution in [2.75, 3.05) is 11.4 Å². The summed E-state index contributed by atoms with van der Waals surface area (Å²) in [4.78, 5) is 19.3. The van der Waals surface area contributed by atoms with Crippen LogP contribution in [0.25, 0.3) is 0 Å². The summed E-state index contributed by atoms with van der Waals surface area (Å²) in [5, 5.41) is 0. The fourth-order valence-corrected chi connectivity index (χ4v) is 2.50. The van der Waals surface area contributed by atoms with Gasteiger partial charge in [0.15, 0.2) is 0 Å². The lowest BCUT2D eigenvalue weighted by Gasteiger charge is -2.26. The number of anilines is 1. The van der Waals surface area contributed by atoms with Gasteiger partial charge in [-0.25, -0.2) is 15.0 Å². The normalized spacial score (nSPS) is 14.6. The number of nitrogens with one attached hydrogen (secondary N) is 1. The standard InChI is InChI=1S/C14H19N5/c1-8-9(2)15-14(16-10(8)3)19-6-5-12-13(7-19)18-11(4)17-12/h5-7H2,1-4H3,(H,17,18). The van der Waals surface area contributed by atoms with E-state index in [-0.39, 0.29) is 0 Å². The monoisotopic (exact) mass is 257 g/mol. The first-order valence-corrected chi connectivity index (χ1v) is 6.65. The van der Waals surface area contributed by atoms with Crippen LogP contribution in [0.1, 0.15) is 34.2 Å². The minimum Gasteiger partial charge on any atom is -0.344 e. The van der Waals surface area contributed by atoms with E-state index < -0.39 is 0 Å². The molecular formula is C14H19N5. The van der Waals surface area contributed by atoms with Crippen molar-refractivity contribution in [1.82, 2.24) is 19.9 Å². The predicted octanol–water partition coefficient (Wildman–Crippen LogP) is 2.00. The van der Waals surface area contributed by atoms with Crippen LogP contribution in [0.15, 0.2) is 0 Å². The Kier molecular flexibility index (Phi) is 2.77. The molecule has 0 unspecified atom stereocenters. The van der Waals surface area contributed by atoms with Gasteiger partial charge in [-0.1, -0.05) is 0 Å². The Morgan fingerprint density at radius 2 is 1.68 bits per heavy atom. The quantitative estimate of drug-likeness (QED) is 0.849. The molecule has 5 nitrogen and oxygen atoms in total. The van der Waals surface area contributed by atoms with E-state index in [1.807, 2.05) is 20.8 Å². The fourth-order valence-electron chi connectivity index (χ4n) is 2.50. The molecule has 19 heavy (non-hydrogen) atoms. The molecule has 0 aromatic carbocycles. The highest BCUT2D eigenvalue weighted by Gasteiger charge is 2.21. The molecule has 0 spiro atoms. The van der Waals surface area contributed by atoms with E-state index >= 15 is 0 Å². The molecule has 1 aliphatic rings. The maximum Gasteiger partial charge on any atom is 0.226 e. The van der Waals surface area contributed by atoms with E-state index in [2.05, 4.69) is 31.8 Å². The number of hydrogen-bond acceptors (Lipinski definition) is 4. The second-order valence-electron chi connectivity index (χ2n) is 5.24.